The maximum absolute atomic E-state index is 13.8. The van der Waals surface area contributed by atoms with Crippen LogP contribution in [0.25, 0.3) is 11.1 Å². The standard InChI is InChI=1S/C27H20F3NO3/c28-27(29,30)24-13-11-21(16-32)15-23(24)22-12-14-25(33-17-19-7-3-1-4-8-19)31-26(22)34-18-20-9-5-2-6-10-20/h1-16H,17-18H2. The number of alkyl halides is 3. The molecule has 0 fully saturated rings. The number of carbonyl (C=O) groups is 1. The molecule has 34 heavy (non-hydrogen) atoms. The van der Waals surface area contributed by atoms with Gasteiger partial charge in [-0.2, -0.15) is 18.2 Å². The number of hydrogen-bond donors (Lipinski definition) is 0. The molecule has 172 valence electrons. The first-order chi connectivity index (χ1) is 16.4. The van der Waals surface area contributed by atoms with E-state index in [4.69, 9.17) is 9.47 Å². The number of pyridine rings is 1. The van der Waals surface area contributed by atoms with E-state index < -0.39 is 11.7 Å². The van der Waals surface area contributed by atoms with E-state index in [0.717, 1.165) is 23.3 Å². The minimum Gasteiger partial charge on any atom is -0.473 e. The van der Waals surface area contributed by atoms with Gasteiger partial charge in [0.25, 0.3) is 0 Å². The molecule has 0 aliphatic rings. The van der Waals surface area contributed by atoms with Crippen LogP contribution in [-0.2, 0) is 19.4 Å². The van der Waals surface area contributed by atoms with Gasteiger partial charge in [-0.1, -0.05) is 66.7 Å². The van der Waals surface area contributed by atoms with E-state index in [2.05, 4.69) is 4.98 Å². The first kappa shape index (κ1) is 23.0. The molecular weight excluding hydrogens is 443 g/mol. The smallest absolute Gasteiger partial charge is 0.417 e. The van der Waals surface area contributed by atoms with Gasteiger partial charge in [0, 0.05) is 17.2 Å². The van der Waals surface area contributed by atoms with Crippen LogP contribution in [-0.4, -0.2) is 11.3 Å². The quantitative estimate of drug-likeness (QED) is 0.272. The molecule has 0 spiro atoms. The third-order valence-electron chi connectivity index (χ3n) is 5.06. The maximum atomic E-state index is 13.8. The number of benzene rings is 3. The van der Waals surface area contributed by atoms with Crippen molar-refractivity contribution in [3.05, 3.63) is 113 Å². The average molecular weight is 463 g/mol. The molecule has 0 aliphatic heterocycles. The van der Waals surface area contributed by atoms with Crippen LogP contribution in [0.5, 0.6) is 11.8 Å². The Morgan fingerprint density at radius 3 is 1.94 bits per heavy atom. The van der Waals surface area contributed by atoms with Crippen molar-refractivity contribution in [2.75, 3.05) is 0 Å². The maximum Gasteiger partial charge on any atom is 0.417 e. The number of aldehydes is 1. The summed E-state index contributed by atoms with van der Waals surface area (Å²) in [5.74, 6) is 0.179. The number of ether oxygens (including phenoxy) is 2. The first-order valence-electron chi connectivity index (χ1n) is 10.5. The summed E-state index contributed by atoms with van der Waals surface area (Å²) in [6.07, 6.45) is -4.13. The Labute approximate surface area is 194 Å². The normalized spacial score (nSPS) is 11.1. The van der Waals surface area contributed by atoms with Crippen LogP contribution >= 0.6 is 0 Å². The molecule has 7 heteroatoms. The minimum atomic E-state index is -4.63. The van der Waals surface area contributed by atoms with Crippen molar-refractivity contribution in [1.82, 2.24) is 4.98 Å². The fraction of sp³-hybridized carbons (Fsp3) is 0.111. The lowest BCUT2D eigenvalue weighted by atomic mass is 9.97. The monoisotopic (exact) mass is 463 g/mol. The van der Waals surface area contributed by atoms with Crippen molar-refractivity contribution in [2.24, 2.45) is 0 Å². The van der Waals surface area contributed by atoms with Crippen molar-refractivity contribution in [3.63, 3.8) is 0 Å². The highest BCUT2D eigenvalue weighted by molar-refractivity contribution is 5.82. The summed E-state index contributed by atoms with van der Waals surface area (Å²) < 4.78 is 52.9. The van der Waals surface area contributed by atoms with Crippen molar-refractivity contribution in [1.29, 1.82) is 0 Å². The summed E-state index contributed by atoms with van der Waals surface area (Å²) in [4.78, 5) is 15.6. The predicted molar refractivity (Wildman–Crippen MR) is 122 cm³/mol. The fourth-order valence-electron chi connectivity index (χ4n) is 3.38. The molecule has 0 N–H and O–H groups in total. The van der Waals surface area contributed by atoms with E-state index in [1.165, 1.54) is 18.2 Å². The molecule has 0 aliphatic carbocycles. The molecule has 4 rings (SSSR count). The van der Waals surface area contributed by atoms with Crippen molar-refractivity contribution in [2.45, 2.75) is 19.4 Å². The van der Waals surface area contributed by atoms with Gasteiger partial charge in [0.15, 0.2) is 0 Å². The lowest BCUT2D eigenvalue weighted by Crippen LogP contribution is -2.09. The van der Waals surface area contributed by atoms with Gasteiger partial charge in [-0.25, -0.2) is 0 Å². The Hall–Kier alpha value is -4.13. The van der Waals surface area contributed by atoms with Gasteiger partial charge in [-0.15, -0.1) is 0 Å². The Kier molecular flexibility index (Phi) is 6.92. The number of nitrogens with zero attached hydrogens (tertiary/aromatic N) is 1. The summed E-state index contributed by atoms with van der Waals surface area (Å²) >= 11 is 0. The van der Waals surface area contributed by atoms with Crippen LogP contribution in [0.1, 0.15) is 27.0 Å². The van der Waals surface area contributed by atoms with Crippen LogP contribution in [0.15, 0.2) is 91.0 Å². The Morgan fingerprint density at radius 2 is 1.35 bits per heavy atom. The highest BCUT2D eigenvalue weighted by Gasteiger charge is 2.34. The second kappa shape index (κ2) is 10.2. The van der Waals surface area contributed by atoms with E-state index in [1.54, 1.807) is 0 Å². The summed E-state index contributed by atoms with van der Waals surface area (Å²) in [7, 11) is 0. The SMILES string of the molecule is O=Cc1ccc(C(F)(F)F)c(-c2ccc(OCc3ccccc3)nc2OCc2ccccc2)c1. The van der Waals surface area contributed by atoms with Crippen LogP contribution in [0.4, 0.5) is 13.2 Å². The summed E-state index contributed by atoms with van der Waals surface area (Å²) in [5.41, 5.74) is 0.881. The summed E-state index contributed by atoms with van der Waals surface area (Å²) in [6, 6.07) is 24.8. The molecule has 0 radical (unpaired) electrons. The zero-order valence-electron chi connectivity index (χ0n) is 18.0. The highest BCUT2D eigenvalue weighted by atomic mass is 19.4. The lowest BCUT2D eigenvalue weighted by Gasteiger charge is -2.17. The van der Waals surface area contributed by atoms with Crippen LogP contribution < -0.4 is 9.47 Å². The van der Waals surface area contributed by atoms with Crippen LogP contribution in [0.3, 0.4) is 0 Å². The van der Waals surface area contributed by atoms with Crippen molar-refractivity contribution in [3.8, 4) is 22.9 Å². The van der Waals surface area contributed by atoms with Gasteiger partial charge in [-0.05, 0) is 34.9 Å². The number of halogens is 3. The summed E-state index contributed by atoms with van der Waals surface area (Å²) in [6.45, 7) is 0.331. The van der Waals surface area contributed by atoms with Gasteiger partial charge in [0.2, 0.25) is 11.8 Å². The minimum absolute atomic E-state index is 0.0250. The third kappa shape index (κ3) is 5.61. The number of aromatic nitrogens is 1. The van der Waals surface area contributed by atoms with E-state index >= 15 is 0 Å². The molecule has 0 saturated heterocycles. The van der Waals surface area contributed by atoms with Gasteiger partial charge >= 0.3 is 6.18 Å². The topological polar surface area (TPSA) is 48.4 Å². The molecule has 1 aromatic heterocycles. The second-order valence-corrected chi connectivity index (χ2v) is 7.47. The van der Waals surface area contributed by atoms with Gasteiger partial charge in [0.1, 0.15) is 19.5 Å². The molecule has 0 bridgehead atoms. The first-order valence-corrected chi connectivity index (χ1v) is 10.5. The summed E-state index contributed by atoms with van der Waals surface area (Å²) in [5, 5.41) is 0. The largest absolute Gasteiger partial charge is 0.473 e. The Bertz CT molecular complexity index is 1260. The average Bonchev–Trinajstić information content (AvgIpc) is 2.86. The van der Waals surface area contributed by atoms with Crippen molar-refractivity contribution >= 4 is 6.29 Å². The molecule has 0 atom stereocenters. The molecule has 0 saturated carbocycles. The lowest BCUT2D eigenvalue weighted by molar-refractivity contribution is -0.137. The van der Waals surface area contributed by atoms with Gasteiger partial charge < -0.3 is 9.47 Å². The molecule has 0 unspecified atom stereocenters. The molecular formula is C27H20F3NO3. The molecule has 4 nitrogen and oxygen atoms in total. The van der Waals surface area contributed by atoms with E-state index in [0.29, 0.717) is 6.29 Å². The van der Waals surface area contributed by atoms with E-state index in [1.807, 2.05) is 60.7 Å². The second-order valence-electron chi connectivity index (χ2n) is 7.47. The van der Waals surface area contributed by atoms with Gasteiger partial charge in [0.05, 0.1) is 5.56 Å². The molecule has 0 amide bonds. The van der Waals surface area contributed by atoms with E-state index in [-0.39, 0.29) is 41.7 Å². The zero-order chi connectivity index (χ0) is 24.0. The molecule has 4 aromatic rings. The number of hydrogen-bond acceptors (Lipinski definition) is 4. The molecule has 3 aromatic carbocycles. The fourth-order valence-corrected chi connectivity index (χ4v) is 3.38. The molecule has 1 heterocycles. The number of rotatable bonds is 8. The van der Waals surface area contributed by atoms with Gasteiger partial charge in [-0.3, -0.25) is 4.79 Å². The highest BCUT2D eigenvalue weighted by Crippen LogP contribution is 2.41. The number of carbonyl (C=O) groups excluding carboxylic acids is 1. The Morgan fingerprint density at radius 1 is 0.735 bits per heavy atom. The van der Waals surface area contributed by atoms with Crippen LogP contribution in [0, 0.1) is 0 Å². The van der Waals surface area contributed by atoms with Crippen LogP contribution in [0.2, 0.25) is 0 Å². The third-order valence-corrected chi connectivity index (χ3v) is 5.06. The Balaban J connectivity index is 1.73. The van der Waals surface area contributed by atoms with E-state index in [9.17, 15) is 18.0 Å². The van der Waals surface area contributed by atoms with Crippen molar-refractivity contribution < 1.29 is 27.4 Å². The zero-order valence-corrected chi connectivity index (χ0v) is 18.0. The predicted octanol–water partition coefficient (Wildman–Crippen LogP) is 6.74.